The smallest absolute Gasteiger partial charge is 0.248 e. The topological polar surface area (TPSA) is 21.7 Å². The monoisotopic (exact) mass is 319 g/mol. The van der Waals surface area contributed by atoms with Crippen LogP contribution in [0.3, 0.4) is 0 Å². The third kappa shape index (κ3) is 7.48. The molecule has 0 fully saturated rings. The van der Waals surface area contributed by atoms with Gasteiger partial charge in [-0.15, -0.1) is 0 Å². The van der Waals surface area contributed by atoms with Crippen molar-refractivity contribution in [1.29, 1.82) is 0 Å². The molecule has 0 aromatic rings. The van der Waals surface area contributed by atoms with Crippen molar-refractivity contribution in [2.45, 2.75) is 13.8 Å². The molecular weight excluding hydrogens is 301 g/mol. The Morgan fingerprint density at radius 2 is 1.75 bits per heavy atom. The number of thioether (sulfide) groups is 1. The van der Waals surface area contributed by atoms with E-state index >= 15 is 0 Å². The average Bonchev–Trinajstić information content (AvgIpc) is 2.17. The minimum Gasteiger partial charge on any atom is -0.364 e. The summed E-state index contributed by atoms with van der Waals surface area (Å²) < 4.78 is 11.9. The van der Waals surface area contributed by atoms with Gasteiger partial charge in [-0.05, 0) is 25.7 Å². The predicted molar refractivity (Wildman–Crippen MR) is 83.9 cm³/mol. The molecule has 0 atom stereocenters. The van der Waals surface area contributed by atoms with Gasteiger partial charge in [0, 0.05) is 14.1 Å². The SMILES string of the molecule is CCOP(=S)(OCC)SCSC(=S)N(C)C. The summed E-state index contributed by atoms with van der Waals surface area (Å²) in [6.07, 6.45) is 0. The molecule has 0 radical (unpaired) electrons. The van der Waals surface area contributed by atoms with Crippen molar-refractivity contribution in [1.82, 2.24) is 4.90 Å². The standard InChI is InChI=1S/C8H18NO2PS4/c1-5-10-12(14,11-6-2)16-7-15-8(13)9(3)4/h5-7H2,1-4H3. The molecule has 0 aromatic carbocycles. The first-order chi connectivity index (χ1) is 7.45. The zero-order valence-corrected chi connectivity index (χ0v) is 14.1. The summed E-state index contributed by atoms with van der Waals surface area (Å²) in [7, 11) is 3.86. The maximum atomic E-state index is 5.51. The molecule has 0 saturated carbocycles. The van der Waals surface area contributed by atoms with Gasteiger partial charge in [0.1, 0.15) is 4.32 Å². The summed E-state index contributed by atoms with van der Waals surface area (Å²) in [5, 5.41) is 0.772. The summed E-state index contributed by atoms with van der Waals surface area (Å²) in [5.41, 5.74) is -2.15. The highest BCUT2D eigenvalue weighted by Gasteiger charge is 2.19. The first-order valence-corrected chi connectivity index (χ1v) is 10.4. The fraction of sp³-hybridized carbons (Fsp3) is 0.875. The summed E-state index contributed by atoms with van der Waals surface area (Å²) in [4.78, 5) is 1.91. The molecule has 16 heavy (non-hydrogen) atoms. The molecule has 0 heterocycles. The second-order valence-corrected chi connectivity index (χ2v) is 11.1. The van der Waals surface area contributed by atoms with Gasteiger partial charge in [0.05, 0.1) is 18.3 Å². The first kappa shape index (κ1) is 17.2. The van der Waals surface area contributed by atoms with Gasteiger partial charge in [0.2, 0.25) is 5.69 Å². The van der Waals surface area contributed by atoms with Crippen LogP contribution in [-0.2, 0) is 20.9 Å². The van der Waals surface area contributed by atoms with Gasteiger partial charge < -0.3 is 13.9 Å². The summed E-state index contributed by atoms with van der Waals surface area (Å²) >= 11 is 13.7. The van der Waals surface area contributed by atoms with E-state index in [9.17, 15) is 0 Å². The van der Waals surface area contributed by atoms with Crippen LogP contribution in [0, 0.1) is 0 Å². The van der Waals surface area contributed by atoms with Crippen LogP contribution < -0.4 is 0 Å². The molecule has 0 rings (SSSR count). The van der Waals surface area contributed by atoms with E-state index in [4.69, 9.17) is 33.1 Å². The lowest BCUT2D eigenvalue weighted by Crippen LogP contribution is -2.16. The van der Waals surface area contributed by atoms with Crippen LogP contribution in [0.1, 0.15) is 13.8 Å². The molecule has 0 aliphatic carbocycles. The summed E-state index contributed by atoms with van der Waals surface area (Å²) in [5.74, 6) is 0. The number of rotatable bonds is 7. The molecule has 8 heteroatoms. The largest absolute Gasteiger partial charge is 0.364 e. The highest BCUT2D eigenvalue weighted by atomic mass is 32.9. The van der Waals surface area contributed by atoms with E-state index < -0.39 is 5.69 Å². The Kier molecular flexibility index (Phi) is 9.80. The second-order valence-electron chi connectivity index (χ2n) is 2.83. The maximum Gasteiger partial charge on any atom is 0.248 e. The van der Waals surface area contributed by atoms with Crippen molar-refractivity contribution in [3.8, 4) is 0 Å². The lowest BCUT2D eigenvalue weighted by Gasteiger charge is -2.20. The first-order valence-electron chi connectivity index (χ1n) is 4.83. The minimum atomic E-state index is -2.15. The minimum absolute atomic E-state index is 0.590. The van der Waals surface area contributed by atoms with Gasteiger partial charge in [-0.3, -0.25) is 0 Å². The molecule has 0 unspecified atom stereocenters. The molecule has 96 valence electrons. The van der Waals surface area contributed by atoms with E-state index in [0.717, 1.165) is 9.41 Å². The quantitative estimate of drug-likeness (QED) is 0.401. The Hall–Kier alpha value is 1.16. The Labute approximate surface area is 117 Å². The van der Waals surface area contributed by atoms with Crippen molar-refractivity contribution < 1.29 is 9.05 Å². The normalized spacial score (nSPS) is 11.5. The number of nitrogens with zero attached hydrogens (tertiary/aromatic N) is 1. The highest BCUT2D eigenvalue weighted by molar-refractivity contribution is 8.70. The van der Waals surface area contributed by atoms with Crippen molar-refractivity contribution in [2.24, 2.45) is 0 Å². The van der Waals surface area contributed by atoms with Crippen LogP contribution in [0.15, 0.2) is 0 Å². The summed E-state index contributed by atoms with van der Waals surface area (Å²) in [6.45, 7) is 5.04. The zero-order valence-electron chi connectivity index (χ0n) is 9.97. The summed E-state index contributed by atoms with van der Waals surface area (Å²) in [6, 6.07) is 0. The van der Waals surface area contributed by atoms with Gasteiger partial charge in [-0.2, -0.15) is 0 Å². The van der Waals surface area contributed by atoms with Gasteiger partial charge in [-0.1, -0.05) is 35.4 Å². The molecule has 0 bridgehead atoms. The van der Waals surface area contributed by atoms with E-state index in [1.807, 2.05) is 32.8 Å². The van der Waals surface area contributed by atoms with Crippen molar-refractivity contribution in [2.75, 3.05) is 32.4 Å². The number of hydrogen-bond donors (Lipinski definition) is 0. The molecule has 0 aliphatic heterocycles. The van der Waals surface area contributed by atoms with E-state index in [-0.39, 0.29) is 0 Å². The molecule has 3 nitrogen and oxygen atoms in total. The van der Waals surface area contributed by atoms with Gasteiger partial charge in [-0.25, -0.2) is 0 Å². The van der Waals surface area contributed by atoms with Crippen LogP contribution in [0.5, 0.6) is 0 Å². The van der Waals surface area contributed by atoms with Gasteiger partial charge in [0.25, 0.3) is 0 Å². The van der Waals surface area contributed by atoms with Crippen LogP contribution in [0.2, 0.25) is 0 Å². The lowest BCUT2D eigenvalue weighted by atomic mass is 10.9. The number of thiocarbonyl (C=S) groups is 1. The van der Waals surface area contributed by atoms with Crippen LogP contribution in [0.4, 0.5) is 0 Å². The molecule has 0 saturated heterocycles. The fourth-order valence-corrected chi connectivity index (χ4v) is 7.89. The third-order valence-corrected chi connectivity index (χ3v) is 9.13. The number of hydrogen-bond acceptors (Lipinski definition) is 6. The van der Waals surface area contributed by atoms with Gasteiger partial charge in [0.15, 0.2) is 0 Å². The molecule has 0 aliphatic rings. The Morgan fingerprint density at radius 3 is 2.12 bits per heavy atom. The maximum absolute atomic E-state index is 5.51. The highest BCUT2D eigenvalue weighted by Crippen LogP contribution is 2.61. The van der Waals surface area contributed by atoms with Crippen LogP contribution in [-0.4, -0.2) is 41.6 Å². The van der Waals surface area contributed by atoms with Gasteiger partial charge >= 0.3 is 0 Å². The zero-order chi connectivity index (χ0) is 12.6. The third-order valence-electron chi connectivity index (χ3n) is 1.33. The van der Waals surface area contributed by atoms with Crippen molar-refractivity contribution in [3.63, 3.8) is 0 Å². The lowest BCUT2D eigenvalue weighted by molar-refractivity contribution is 0.280. The second kappa shape index (κ2) is 9.14. The van der Waals surface area contributed by atoms with Crippen LogP contribution >= 0.6 is 41.1 Å². The Balaban J connectivity index is 4.03. The molecule has 0 N–H and O–H groups in total. The van der Waals surface area contributed by atoms with Crippen molar-refractivity contribution >= 4 is 57.2 Å². The molecular formula is C8H18NO2PS4. The molecule has 0 spiro atoms. The van der Waals surface area contributed by atoms with E-state index in [2.05, 4.69) is 0 Å². The molecule has 0 amide bonds. The van der Waals surface area contributed by atoms with E-state index in [1.165, 1.54) is 0 Å². The van der Waals surface area contributed by atoms with Crippen molar-refractivity contribution in [3.05, 3.63) is 0 Å². The van der Waals surface area contributed by atoms with E-state index in [0.29, 0.717) is 13.2 Å². The molecule has 0 aromatic heterocycles. The fourth-order valence-electron chi connectivity index (χ4n) is 0.698. The van der Waals surface area contributed by atoms with E-state index in [1.54, 1.807) is 23.1 Å². The Bertz CT molecular complexity index is 252. The predicted octanol–water partition coefficient (Wildman–Crippen LogP) is 3.55. The average molecular weight is 319 g/mol. The Morgan fingerprint density at radius 1 is 1.25 bits per heavy atom. The van der Waals surface area contributed by atoms with Crippen LogP contribution in [0.25, 0.3) is 0 Å².